The Hall–Kier alpha value is -1.40. The van der Waals surface area contributed by atoms with Gasteiger partial charge < -0.3 is 15.2 Å². The summed E-state index contributed by atoms with van der Waals surface area (Å²) in [6.07, 6.45) is 0.280. The van der Waals surface area contributed by atoms with Gasteiger partial charge in [0.2, 0.25) is 0 Å². The van der Waals surface area contributed by atoms with Crippen LogP contribution in [0.15, 0.2) is 0 Å². The van der Waals surface area contributed by atoms with Crippen LogP contribution in [0.4, 0.5) is 0 Å². The summed E-state index contributed by atoms with van der Waals surface area (Å²) in [5.74, 6) is -0.216. The van der Waals surface area contributed by atoms with Crippen molar-refractivity contribution in [3.05, 3.63) is 17.0 Å². The molecule has 1 aromatic rings. The van der Waals surface area contributed by atoms with Crippen molar-refractivity contribution in [3.8, 4) is 0 Å². The summed E-state index contributed by atoms with van der Waals surface area (Å²) in [6.45, 7) is 6.10. The van der Waals surface area contributed by atoms with Gasteiger partial charge in [-0.3, -0.25) is 9.89 Å². The SMILES string of the molecule is Cc1n[nH]c(C)c1C(=O)NCC1(O)CCOC1C. The summed E-state index contributed by atoms with van der Waals surface area (Å²) in [6, 6.07) is 0. The molecule has 0 bridgehead atoms. The topological polar surface area (TPSA) is 87.2 Å². The molecule has 100 valence electrons. The molecule has 0 radical (unpaired) electrons. The Bertz CT molecular complexity index is 438. The third-order valence-corrected chi connectivity index (χ3v) is 3.57. The Balaban J connectivity index is 2.01. The van der Waals surface area contributed by atoms with Gasteiger partial charge in [0.15, 0.2) is 0 Å². The minimum atomic E-state index is -0.971. The Labute approximate surface area is 106 Å². The normalized spacial score (nSPS) is 27.4. The van der Waals surface area contributed by atoms with E-state index in [2.05, 4.69) is 15.5 Å². The van der Waals surface area contributed by atoms with Gasteiger partial charge in [-0.15, -0.1) is 0 Å². The molecule has 1 amide bonds. The lowest BCUT2D eigenvalue weighted by atomic mass is 9.96. The number of hydrogen-bond acceptors (Lipinski definition) is 4. The number of aromatic amines is 1. The van der Waals surface area contributed by atoms with Crippen LogP contribution in [0.2, 0.25) is 0 Å². The van der Waals surface area contributed by atoms with E-state index in [1.807, 2.05) is 6.92 Å². The first-order chi connectivity index (χ1) is 8.44. The standard InChI is InChI=1S/C12H19N3O3/c1-7-10(8(2)15-14-7)11(16)13-6-12(17)4-5-18-9(12)3/h9,17H,4-6H2,1-3H3,(H,13,16)(H,14,15). The van der Waals surface area contributed by atoms with Crippen molar-refractivity contribution in [3.63, 3.8) is 0 Å². The van der Waals surface area contributed by atoms with Crippen molar-refractivity contribution in [1.29, 1.82) is 0 Å². The number of ether oxygens (including phenoxy) is 1. The van der Waals surface area contributed by atoms with E-state index in [9.17, 15) is 9.90 Å². The summed E-state index contributed by atoms with van der Waals surface area (Å²) >= 11 is 0. The van der Waals surface area contributed by atoms with Crippen LogP contribution in [0.5, 0.6) is 0 Å². The van der Waals surface area contributed by atoms with Crippen LogP contribution >= 0.6 is 0 Å². The number of H-pyrrole nitrogens is 1. The van der Waals surface area contributed by atoms with E-state index >= 15 is 0 Å². The third kappa shape index (κ3) is 2.26. The zero-order valence-corrected chi connectivity index (χ0v) is 10.9. The van der Waals surface area contributed by atoms with Gasteiger partial charge >= 0.3 is 0 Å². The number of carbonyl (C=O) groups is 1. The average Bonchev–Trinajstić information content (AvgIpc) is 2.82. The van der Waals surface area contributed by atoms with Gasteiger partial charge in [0.1, 0.15) is 5.60 Å². The fourth-order valence-corrected chi connectivity index (χ4v) is 2.21. The maximum absolute atomic E-state index is 12.0. The molecule has 1 aliphatic rings. The van der Waals surface area contributed by atoms with Crippen LogP contribution in [0, 0.1) is 13.8 Å². The molecule has 0 aliphatic carbocycles. The van der Waals surface area contributed by atoms with Crippen LogP contribution in [-0.2, 0) is 4.74 Å². The van der Waals surface area contributed by atoms with Gasteiger partial charge in [-0.1, -0.05) is 0 Å². The smallest absolute Gasteiger partial charge is 0.255 e. The molecule has 2 atom stereocenters. The number of hydrogen-bond donors (Lipinski definition) is 3. The minimum Gasteiger partial charge on any atom is -0.385 e. The lowest BCUT2D eigenvalue weighted by molar-refractivity contribution is -0.0251. The summed E-state index contributed by atoms with van der Waals surface area (Å²) in [5.41, 5.74) is 0.965. The van der Waals surface area contributed by atoms with E-state index < -0.39 is 5.60 Å². The summed E-state index contributed by atoms with van der Waals surface area (Å²) < 4.78 is 5.32. The lowest BCUT2D eigenvalue weighted by Gasteiger charge is -2.26. The Morgan fingerprint density at radius 1 is 1.67 bits per heavy atom. The van der Waals surface area contributed by atoms with Gasteiger partial charge in [-0.2, -0.15) is 5.10 Å². The summed E-state index contributed by atoms with van der Waals surface area (Å²) in [4.78, 5) is 12.0. The third-order valence-electron chi connectivity index (χ3n) is 3.57. The second-order valence-corrected chi connectivity index (χ2v) is 4.86. The van der Waals surface area contributed by atoms with Crippen molar-refractivity contribution in [1.82, 2.24) is 15.5 Å². The highest BCUT2D eigenvalue weighted by Crippen LogP contribution is 2.24. The predicted molar refractivity (Wildman–Crippen MR) is 65.4 cm³/mol. The molecule has 1 saturated heterocycles. The molecule has 2 rings (SSSR count). The van der Waals surface area contributed by atoms with E-state index in [1.54, 1.807) is 13.8 Å². The molecule has 1 aliphatic heterocycles. The molecule has 3 N–H and O–H groups in total. The van der Waals surface area contributed by atoms with Gasteiger partial charge in [-0.05, 0) is 20.8 Å². The van der Waals surface area contributed by atoms with E-state index in [0.717, 1.165) is 5.69 Å². The average molecular weight is 253 g/mol. The van der Waals surface area contributed by atoms with Gasteiger partial charge in [0.05, 0.1) is 17.4 Å². The van der Waals surface area contributed by atoms with Gasteiger partial charge in [0, 0.05) is 25.3 Å². The largest absolute Gasteiger partial charge is 0.385 e. The number of aryl methyl sites for hydroxylation is 2. The molecule has 0 saturated carbocycles. The first-order valence-electron chi connectivity index (χ1n) is 6.08. The predicted octanol–water partition coefficient (Wildman–Crippen LogP) is 0.296. The van der Waals surface area contributed by atoms with E-state index in [1.165, 1.54) is 0 Å². The van der Waals surface area contributed by atoms with Crippen molar-refractivity contribution in [2.45, 2.75) is 38.9 Å². The molecular weight excluding hydrogens is 234 g/mol. The highest BCUT2D eigenvalue weighted by molar-refractivity contribution is 5.96. The second-order valence-electron chi connectivity index (χ2n) is 4.86. The molecule has 0 spiro atoms. The number of rotatable bonds is 3. The van der Waals surface area contributed by atoms with E-state index in [4.69, 9.17) is 4.74 Å². The fourth-order valence-electron chi connectivity index (χ4n) is 2.21. The molecule has 0 aromatic carbocycles. The maximum Gasteiger partial charge on any atom is 0.255 e. The van der Waals surface area contributed by atoms with Crippen LogP contribution in [0.3, 0.4) is 0 Å². The Morgan fingerprint density at radius 2 is 2.39 bits per heavy atom. The molecule has 2 heterocycles. The van der Waals surface area contributed by atoms with E-state index in [0.29, 0.717) is 24.3 Å². The number of aromatic nitrogens is 2. The van der Waals surface area contributed by atoms with Crippen LogP contribution in [0.25, 0.3) is 0 Å². The molecular formula is C12H19N3O3. The lowest BCUT2D eigenvalue weighted by Crippen LogP contribution is -2.47. The zero-order chi connectivity index (χ0) is 13.3. The Morgan fingerprint density at radius 3 is 2.89 bits per heavy atom. The summed E-state index contributed by atoms with van der Waals surface area (Å²) in [7, 11) is 0. The van der Waals surface area contributed by atoms with Crippen LogP contribution in [0.1, 0.15) is 35.1 Å². The van der Waals surface area contributed by atoms with Crippen molar-refractivity contribution < 1.29 is 14.6 Å². The second kappa shape index (κ2) is 4.70. The number of amides is 1. The van der Waals surface area contributed by atoms with Crippen molar-refractivity contribution >= 4 is 5.91 Å². The quantitative estimate of drug-likeness (QED) is 0.723. The minimum absolute atomic E-state index is 0.192. The highest BCUT2D eigenvalue weighted by atomic mass is 16.5. The molecule has 1 aromatic heterocycles. The first kappa shape index (κ1) is 13.0. The molecule has 6 heteroatoms. The molecule has 1 fully saturated rings. The van der Waals surface area contributed by atoms with Gasteiger partial charge in [0.25, 0.3) is 5.91 Å². The molecule has 6 nitrogen and oxygen atoms in total. The van der Waals surface area contributed by atoms with Crippen molar-refractivity contribution in [2.24, 2.45) is 0 Å². The van der Waals surface area contributed by atoms with Crippen LogP contribution in [-0.4, -0.2) is 46.1 Å². The van der Waals surface area contributed by atoms with Crippen LogP contribution < -0.4 is 5.32 Å². The monoisotopic (exact) mass is 253 g/mol. The number of nitrogens with one attached hydrogen (secondary N) is 2. The number of carbonyl (C=O) groups excluding carboxylic acids is 1. The maximum atomic E-state index is 12.0. The van der Waals surface area contributed by atoms with E-state index in [-0.39, 0.29) is 18.6 Å². The summed E-state index contributed by atoms with van der Waals surface area (Å²) in [5, 5.41) is 19.8. The van der Waals surface area contributed by atoms with Crippen molar-refractivity contribution in [2.75, 3.05) is 13.2 Å². The number of nitrogens with zero attached hydrogens (tertiary/aromatic N) is 1. The fraction of sp³-hybridized carbons (Fsp3) is 0.667. The van der Waals surface area contributed by atoms with Gasteiger partial charge in [-0.25, -0.2) is 0 Å². The first-order valence-corrected chi connectivity index (χ1v) is 6.08. The Kier molecular flexibility index (Phi) is 3.41. The highest BCUT2D eigenvalue weighted by Gasteiger charge is 2.39. The zero-order valence-electron chi connectivity index (χ0n) is 10.9. The number of aliphatic hydroxyl groups is 1. The molecule has 2 unspecified atom stereocenters. The molecule has 18 heavy (non-hydrogen) atoms.